The van der Waals surface area contributed by atoms with Crippen molar-refractivity contribution in [3.8, 4) is 0 Å². The summed E-state index contributed by atoms with van der Waals surface area (Å²) >= 11 is 0. The van der Waals surface area contributed by atoms with Crippen molar-refractivity contribution in [1.29, 1.82) is 0 Å². The predicted molar refractivity (Wildman–Crippen MR) is 105 cm³/mol. The molecule has 0 aromatic heterocycles. The first-order valence-electron chi connectivity index (χ1n) is 9.52. The Kier molecular flexibility index (Phi) is 6.45. The van der Waals surface area contributed by atoms with E-state index in [1.165, 1.54) is 11.1 Å². The lowest BCUT2D eigenvalue weighted by atomic mass is 9.81. The van der Waals surface area contributed by atoms with Crippen molar-refractivity contribution >= 4 is 11.9 Å². The fourth-order valence-corrected chi connectivity index (χ4v) is 3.64. The van der Waals surface area contributed by atoms with Crippen molar-refractivity contribution in [2.45, 2.75) is 32.6 Å². The fourth-order valence-electron chi connectivity index (χ4n) is 3.64. The number of esters is 1. The summed E-state index contributed by atoms with van der Waals surface area (Å²) in [5.41, 5.74) is 13.1. The zero-order valence-electron chi connectivity index (χ0n) is 15.9. The molecule has 2 aromatic carbocycles. The molecule has 2 atom stereocenters. The molecule has 6 nitrogen and oxygen atoms in total. The summed E-state index contributed by atoms with van der Waals surface area (Å²) in [5, 5.41) is 3.30. The van der Waals surface area contributed by atoms with Crippen molar-refractivity contribution in [2.24, 2.45) is 17.0 Å². The van der Waals surface area contributed by atoms with Gasteiger partial charge < -0.3 is 4.74 Å². The van der Waals surface area contributed by atoms with Gasteiger partial charge in [-0.15, -0.1) is 0 Å². The van der Waals surface area contributed by atoms with Gasteiger partial charge in [0.1, 0.15) is 0 Å². The van der Waals surface area contributed by atoms with Crippen molar-refractivity contribution in [1.82, 2.24) is 0 Å². The highest BCUT2D eigenvalue weighted by Crippen LogP contribution is 2.26. The standard InChI is InChI=1S/C22H23N3O3/c1-2-28-22(27)20-14-18-11-7-16(8-12-18)4-3-15-5-9-17(10-6-15)13-19(20)21(26)24-25-23/h5-12,19-20H,2-4,13-14H2,1H3/t19-,20-/m0/s1. The van der Waals surface area contributed by atoms with Crippen LogP contribution in [0.25, 0.3) is 10.4 Å². The monoisotopic (exact) mass is 377 g/mol. The summed E-state index contributed by atoms with van der Waals surface area (Å²) < 4.78 is 5.25. The van der Waals surface area contributed by atoms with Gasteiger partial charge >= 0.3 is 5.97 Å². The van der Waals surface area contributed by atoms with Crippen molar-refractivity contribution in [3.63, 3.8) is 0 Å². The summed E-state index contributed by atoms with van der Waals surface area (Å²) in [4.78, 5) is 28.0. The number of rotatable bonds is 3. The maximum atomic E-state index is 12.7. The smallest absolute Gasteiger partial charge is 0.310 e. The van der Waals surface area contributed by atoms with Crippen LogP contribution in [-0.4, -0.2) is 18.5 Å². The largest absolute Gasteiger partial charge is 0.466 e. The van der Waals surface area contributed by atoms with E-state index in [9.17, 15) is 9.59 Å². The quantitative estimate of drug-likeness (QED) is 0.347. The molecule has 2 aromatic rings. The normalized spacial score (nSPS) is 18.8. The maximum absolute atomic E-state index is 12.7. The topological polar surface area (TPSA) is 92.1 Å². The van der Waals surface area contributed by atoms with E-state index in [0.717, 1.165) is 24.0 Å². The Morgan fingerprint density at radius 2 is 1.39 bits per heavy atom. The van der Waals surface area contributed by atoms with Crippen LogP contribution in [0.15, 0.2) is 53.6 Å². The highest BCUT2D eigenvalue weighted by atomic mass is 16.5. The molecule has 4 bridgehead atoms. The Labute approximate surface area is 164 Å². The Morgan fingerprint density at radius 3 is 1.86 bits per heavy atom. The molecule has 0 fully saturated rings. The number of amides is 1. The van der Waals surface area contributed by atoms with E-state index in [-0.39, 0.29) is 6.61 Å². The SMILES string of the molecule is CCOC(=O)[C@H]1Cc2ccc(cc2)CCc2ccc(cc2)C[C@@H]1C(=O)N=[N+]=[N-]. The number of carbonyl (C=O) groups excluding carboxylic acids is 2. The number of carbonyl (C=O) groups is 2. The van der Waals surface area contributed by atoms with Crippen LogP contribution in [0.5, 0.6) is 0 Å². The number of hydrogen-bond donors (Lipinski definition) is 0. The summed E-state index contributed by atoms with van der Waals surface area (Å²) in [7, 11) is 0. The number of benzene rings is 2. The van der Waals surface area contributed by atoms with Gasteiger partial charge in [0.25, 0.3) is 0 Å². The Bertz CT molecular complexity index is 884. The van der Waals surface area contributed by atoms with Crippen molar-refractivity contribution in [2.75, 3.05) is 6.61 Å². The van der Waals surface area contributed by atoms with E-state index in [1.54, 1.807) is 6.92 Å². The van der Waals surface area contributed by atoms with E-state index in [2.05, 4.69) is 22.2 Å². The third-order valence-electron chi connectivity index (χ3n) is 5.20. The van der Waals surface area contributed by atoms with E-state index in [1.807, 2.05) is 36.4 Å². The molecule has 6 heteroatoms. The minimum absolute atomic E-state index is 0.228. The molecule has 0 saturated carbocycles. The van der Waals surface area contributed by atoms with Gasteiger partial charge in [0.2, 0.25) is 5.91 Å². The molecule has 0 spiro atoms. The van der Waals surface area contributed by atoms with Crippen LogP contribution in [0, 0.1) is 11.8 Å². The van der Waals surface area contributed by atoms with E-state index >= 15 is 0 Å². The average molecular weight is 377 g/mol. The van der Waals surface area contributed by atoms with Crippen LogP contribution in [0.1, 0.15) is 29.2 Å². The van der Waals surface area contributed by atoms with Gasteiger partial charge in [0.15, 0.2) is 0 Å². The minimum Gasteiger partial charge on any atom is -0.466 e. The summed E-state index contributed by atoms with van der Waals surface area (Å²) in [6.45, 7) is 1.96. The van der Waals surface area contributed by atoms with Crippen LogP contribution in [0.2, 0.25) is 0 Å². The predicted octanol–water partition coefficient (Wildman–Crippen LogP) is 4.20. The second-order valence-electron chi connectivity index (χ2n) is 7.03. The molecule has 0 saturated heterocycles. The number of nitrogens with zero attached hydrogens (tertiary/aromatic N) is 3. The fraction of sp³-hybridized carbons (Fsp3) is 0.364. The molecule has 0 radical (unpaired) electrons. The van der Waals surface area contributed by atoms with Crippen molar-refractivity contribution in [3.05, 3.63) is 81.2 Å². The van der Waals surface area contributed by atoms with Gasteiger partial charge in [-0.25, -0.2) is 0 Å². The first-order chi connectivity index (χ1) is 13.6. The molecule has 0 unspecified atom stereocenters. The summed E-state index contributed by atoms with van der Waals surface area (Å²) in [6.07, 6.45) is 2.55. The molecule has 0 aliphatic heterocycles. The van der Waals surface area contributed by atoms with Crippen LogP contribution in [0.3, 0.4) is 0 Å². The third kappa shape index (κ3) is 4.78. The van der Waals surface area contributed by atoms with Gasteiger partial charge in [0, 0.05) is 10.8 Å². The number of ether oxygens (including phenoxy) is 1. The lowest BCUT2D eigenvalue weighted by Gasteiger charge is -2.24. The molecule has 6 rings (SSSR count). The van der Waals surface area contributed by atoms with Gasteiger partial charge in [-0.05, 0) is 65.5 Å². The molecule has 4 aliphatic rings. The highest BCUT2D eigenvalue weighted by Gasteiger charge is 2.34. The van der Waals surface area contributed by atoms with E-state index in [0.29, 0.717) is 12.8 Å². The van der Waals surface area contributed by atoms with Gasteiger partial charge in [-0.3, -0.25) is 9.59 Å². The second-order valence-corrected chi connectivity index (χ2v) is 7.03. The lowest BCUT2D eigenvalue weighted by Crippen LogP contribution is -2.34. The zero-order valence-corrected chi connectivity index (χ0v) is 15.9. The molecule has 0 heterocycles. The first-order valence-corrected chi connectivity index (χ1v) is 9.52. The molecule has 144 valence electrons. The minimum atomic E-state index is -0.775. The Morgan fingerprint density at radius 1 is 0.929 bits per heavy atom. The zero-order chi connectivity index (χ0) is 19.9. The Balaban J connectivity index is 2.06. The van der Waals surface area contributed by atoms with Crippen LogP contribution in [-0.2, 0) is 40.0 Å². The van der Waals surface area contributed by atoms with Crippen LogP contribution < -0.4 is 0 Å². The lowest BCUT2D eigenvalue weighted by molar-refractivity contribution is -0.152. The van der Waals surface area contributed by atoms with E-state index in [4.69, 9.17) is 10.3 Å². The van der Waals surface area contributed by atoms with E-state index < -0.39 is 23.7 Å². The molecule has 28 heavy (non-hydrogen) atoms. The van der Waals surface area contributed by atoms with Crippen LogP contribution >= 0.6 is 0 Å². The summed E-state index contributed by atoms with van der Waals surface area (Å²) in [5.74, 6) is -2.56. The third-order valence-corrected chi connectivity index (χ3v) is 5.20. The number of hydrogen-bond acceptors (Lipinski definition) is 3. The molecule has 1 amide bonds. The molecular formula is C22H23N3O3. The molecule has 4 aliphatic carbocycles. The maximum Gasteiger partial charge on any atom is 0.310 e. The number of aryl methyl sites for hydroxylation is 2. The van der Waals surface area contributed by atoms with Gasteiger partial charge in [-0.2, -0.15) is 0 Å². The summed E-state index contributed by atoms with van der Waals surface area (Å²) in [6, 6.07) is 16.1. The van der Waals surface area contributed by atoms with Gasteiger partial charge in [-0.1, -0.05) is 48.5 Å². The molecular weight excluding hydrogens is 354 g/mol. The number of azide groups is 1. The highest BCUT2D eigenvalue weighted by molar-refractivity contribution is 5.86. The van der Waals surface area contributed by atoms with Gasteiger partial charge in [0.05, 0.1) is 12.5 Å². The average Bonchev–Trinajstić information content (AvgIpc) is 2.71. The van der Waals surface area contributed by atoms with Crippen LogP contribution in [0.4, 0.5) is 0 Å². The second kappa shape index (κ2) is 9.20. The van der Waals surface area contributed by atoms with Crippen molar-refractivity contribution < 1.29 is 14.3 Å². The molecule has 0 N–H and O–H groups in total. The first kappa shape index (κ1) is 19.6. The Hall–Kier alpha value is -3.11.